The number of allylic oxidation sites excluding steroid dienone is 2. The highest BCUT2D eigenvalue weighted by Gasteiger charge is 2.65. The number of carbonyl (C=O) groups excluding carboxylic acids is 1. The van der Waals surface area contributed by atoms with Gasteiger partial charge in [-0.2, -0.15) is 0 Å². The lowest BCUT2D eigenvalue weighted by Gasteiger charge is -2.43. The average Bonchev–Trinajstić information content (AvgIpc) is 3.13. The van der Waals surface area contributed by atoms with E-state index in [9.17, 15) is 9.90 Å². The number of nitrogens with zero attached hydrogens (tertiary/aromatic N) is 1. The maximum Gasteiger partial charge on any atom is 0.161 e. The molecule has 3 nitrogen and oxygen atoms in total. The van der Waals surface area contributed by atoms with Crippen LogP contribution in [0.25, 0.3) is 0 Å². The number of carbonyl (C=O) groups is 1. The van der Waals surface area contributed by atoms with Gasteiger partial charge in [0.25, 0.3) is 0 Å². The summed E-state index contributed by atoms with van der Waals surface area (Å²) in [4.78, 5) is 15.1. The molecule has 0 radical (unpaired) electrons. The van der Waals surface area contributed by atoms with Crippen molar-refractivity contribution in [3.05, 3.63) is 83.1 Å². The third kappa shape index (κ3) is 3.17. The summed E-state index contributed by atoms with van der Waals surface area (Å²) >= 11 is 0. The van der Waals surface area contributed by atoms with E-state index in [1.807, 2.05) is 60.7 Å². The van der Waals surface area contributed by atoms with Crippen LogP contribution in [0.15, 0.2) is 71.9 Å². The quantitative estimate of drug-likeness (QED) is 0.702. The van der Waals surface area contributed by atoms with Crippen molar-refractivity contribution in [2.75, 3.05) is 13.1 Å². The molecule has 2 aromatic rings. The molecule has 5 rings (SSSR count). The molecule has 3 aliphatic rings. The fourth-order valence-electron chi connectivity index (χ4n) is 6.43. The van der Waals surface area contributed by atoms with Gasteiger partial charge in [0, 0.05) is 30.8 Å². The standard InChI is InChI=1S/C28H33NO2/c1-19(25-24(30)18-23-26(25)27(23,2)3)29-16-14-22(15-17-29)28(31,20-10-6-4-7-11-20)21-12-8-5-9-13-21/h4-13,22-23,26,31H,14-18H2,1-3H3/t23-,26+/m1/s1. The second-order valence-electron chi connectivity index (χ2n) is 10.3. The number of hydrogen-bond acceptors (Lipinski definition) is 3. The summed E-state index contributed by atoms with van der Waals surface area (Å²) in [6, 6.07) is 20.2. The normalized spacial score (nSPS) is 27.2. The van der Waals surface area contributed by atoms with Crippen molar-refractivity contribution >= 4 is 5.78 Å². The zero-order valence-corrected chi connectivity index (χ0v) is 18.8. The molecule has 3 heteroatoms. The van der Waals surface area contributed by atoms with Crippen LogP contribution in [0, 0.1) is 23.2 Å². The summed E-state index contributed by atoms with van der Waals surface area (Å²) in [6.07, 6.45) is 2.52. The topological polar surface area (TPSA) is 40.5 Å². The molecule has 2 aromatic carbocycles. The van der Waals surface area contributed by atoms with E-state index in [1.54, 1.807) is 0 Å². The van der Waals surface area contributed by atoms with E-state index in [1.165, 1.54) is 5.70 Å². The molecule has 162 valence electrons. The van der Waals surface area contributed by atoms with E-state index >= 15 is 0 Å². The van der Waals surface area contributed by atoms with Crippen molar-refractivity contribution < 1.29 is 9.90 Å². The van der Waals surface area contributed by atoms with E-state index in [0.717, 1.165) is 49.1 Å². The Bertz CT molecular complexity index is 960. The molecule has 2 aliphatic carbocycles. The Morgan fingerprint density at radius 1 is 0.968 bits per heavy atom. The van der Waals surface area contributed by atoms with Gasteiger partial charge in [-0.25, -0.2) is 0 Å². The number of rotatable bonds is 4. The summed E-state index contributed by atoms with van der Waals surface area (Å²) in [5.74, 6) is 1.49. The van der Waals surface area contributed by atoms with E-state index in [4.69, 9.17) is 0 Å². The highest BCUT2D eigenvalue weighted by molar-refractivity contribution is 6.01. The molecule has 2 saturated carbocycles. The second-order valence-corrected chi connectivity index (χ2v) is 10.3. The van der Waals surface area contributed by atoms with Crippen LogP contribution in [-0.4, -0.2) is 28.9 Å². The molecular weight excluding hydrogens is 382 g/mol. The van der Waals surface area contributed by atoms with E-state index in [0.29, 0.717) is 17.6 Å². The first-order valence-corrected chi connectivity index (χ1v) is 11.7. The van der Waals surface area contributed by atoms with Gasteiger partial charge in [0.2, 0.25) is 0 Å². The number of hydrogen-bond donors (Lipinski definition) is 1. The molecular formula is C28H33NO2. The molecule has 2 atom stereocenters. The summed E-state index contributed by atoms with van der Waals surface area (Å²) in [7, 11) is 0. The van der Waals surface area contributed by atoms with Gasteiger partial charge in [0.15, 0.2) is 5.78 Å². The number of Topliss-reactive ketones (excluding diaryl/α,β-unsaturated/α-hetero) is 1. The molecule has 0 unspecified atom stereocenters. The monoisotopic (exact) mass is 415 g/mol. The lowest BCUT2D eigenvalue weighted by molar-refractivity contribution is -0.115. The zero-order chi connectivity index (χ0) is 21.8. The molecule has 0 bridgehead atoms. The zero-order valence-electron chi connectivity index (χ0n) is 18.8. The number of ketones is 1. The molecule has 31 heavy (non-hydrogen) atoms. The van der Waals surface area contributed by atoms with Crippen LogP contribution in [0.2, 0.25) is 0 Å². The Balaban J connectivity index is 1.40. The van der Waals surface area contributed by atoms with Crippen LogP contribution in [0.5, 0.6) is 0 Å². The highest BCUT2D eigenvalue weighted by Crippen LogP contribution is 2.68. The number of fused-ring (bicyclic) bond motifs is 1. The predicted molar refractivity (Wildman–Crippen MR) is 123 cm³/mol. The summed E-state index contributed by atoms with van der Waals surface area (Å²) in [5.41, 5.74) is 3.48. The van der Waals surface area contributed by atoms with Gasteiger partial charge in [-0.1, -0.05) is 74.5 Å². The minimum Gasteiger partial charge on any atom is -0.380 e. The smallest absolute Gasteiger partial charge is 0.161 e. The van der Waals surface area contributed by atoms with E-state index in [-0.39, 0.29) is 11.3 Å². The molecule has 1 saturated heterocycles. The first kappa shape index (κ1) is 20.5. The molecule has 1 aliphatic heterocycles. The Hall–Kier alpha value is -2.39. The maximum atomic E-state index is 12.7. The van der Waals surface area contributed by atoms with Gasteiger partial charge >= 0.3 is 0 Å². The Morgan fingerprint density at radius 2 is 1.48 bits per heavy atom. The van der Waals surface area contributed by atoms with Gasteiger partial charge in [0.1, 0.15) is 5.60 Å². The van der Waals surface area contributed by atoms with E-state index < -0.39 is 5.60 Å². The van der Waals surface area contributed by atoms with Crippen LogP contribution in [0.3, 0.4) is 0 Å². The lowest BCUT2D eigenvalue weighted by Crippen LogP contribution is -2.44. The SMILES string of the molecule is CC(=C1C(=O)C[C@@H]2[C@@H]1C2(C)C)N1CCC(C(O)(c2ccccc2)c2ccccc2)CC1. The minimum absolute atomic E-state index is 0.135. The Labute approximate surface area is 185 Å². The Kier molecular flexibility index (Phi) is 4.86. The molecule has 3 fully saturated rings. The van der Waals surface area contributed by atoms with Crippen LogP contribution in [0.4, 0.5) is 0 Å². The van der Waals surface area contributed by atoms with Crippen molar-refractivity contribution in [3.8, 4) is 0 Å². The number of aliphatic hydroxyl groups is 1. The van der Waals surface area contributed by atoms with Crippen LogP contribution >= 0.6 is 0 Å². The lowest BCUT2D eigenvalue weighted by atomic mass is 9.72. The first-order valence-electron chi connectivity index (χ1n) is 11.7. The Morgan fingerprint density at radius 3 is 1.97 bits per heavy atom. The average molecular weight is 416 g/mol. The number of piperidine rings is 1. The molecule has 1 N–H and O–H groups in total. The van der Waals surface area contributed by atoms with Crippen molar-refractivity contribution in [2.45, 2.75) is 45.6 Å². The number of likely N-dealkylation sites (tertiary alicyclic amines) is 1. The molecule has 0 spiro atoms. The van der Waals surface area contributed by atoms with Crippen molar-refractivity contribution in [3.63, 3.8) is 0 Å². The fourth-order valence-corrected chi connectivity index (χ4v) is 6.43. The van der Waals surface area contributed by atoms with Gasteiger partial charge in [-0.15, -0.1) is 0 Å². The van der Waals surface area contributed by atoms with Gasteiger partial charge in [-0.3, -0.25) is 4.79 Å². The highest BCUT2D eigenvalue weighted by atomic mass is 16.3. The van der Waals surface area contributed by atoms with Crippen LogP contribution in [0.1, 0.15) is 51.2 Å². The third-order valence-corrected chi connectivity index (χ3v) is 8.44. The fraction of sp³-hybridized carbons (Fsp3) is 0.464. The van der Waals surface area contributed by atoms with E-state index in [2.05, 4.69) is 25.7 Å². The summed E-state index contributed by atoms with van der Waals surface area (Å²) in [6.45, 7) is 8.51. The van der Waals surface area contributed by atoms with Gasteiger partial charge < -0.3 is 10.0 Å². The van der Waals surface area contributed by atoms with Crippen molar-refractivity contribution in [1.29, 1.82) is 0 Å². The largest absolute Gasteiger partial charge is 0.380 e. The third-order valence-electron chi connectivity index (χ3n) is 8.44. The van der Waals surface area contributed by atoms with Crippen molar-refractivity contribution in [2.24, 2.45) is 23.2 Å². The minimum atomic E-state index is -0.998. The van der Waals surface area contributed by atoms with Crippen LogP contribution < -0.4 is 0 Å². The van der Waals surface area contributed by atoms with Gasteiger partial charge in [0.05, 0.1) is 0 Å². The summed E-state index contributed by atoms with van der Waals surface area (Å²) in [5, 5.41) is 12.1. The van der Waals surface area contributed by atoms with Crippen LogP contribution in [-0.2, 0) is 10.4 Å². The number of benzene rings is 2. The van der Waals surface area contributed by atoms with Crippen molar-refractivity contribution in [1.82, 2.24) is 4.90 Å². The second kappa shape index (κ2) is 7.34. The first-order chi connectivity index (χ1) is 14.8. The van der Waals surface area contributed by atoms with Gasteiger partial charge in [-0.05, 0) is 54.1 Å². The molecule has 0 amide bonds. The molecule has 1 heterocycles. The predicted octanol–water partition coefficient (Wildman–Crippen LogP) is 5.15. The molecule has 0 aromatic heterocycles. The maximum absolute atomic E-state index is 12.7. The summed E-state index contributed by atoms with van der Waals surface area (Å²) < 4.78 is 0.